The van der Waals surface area contributed by atoms with Gasteiger partial charge in [0.1, 0.15) is 12.1 Å². The van der Waals surface area contributed by atoms with Gasteiger partial charge in [0.15, 0.2) is 0 Å². The van der Waals surface area contributed by atoms with Crippen LogP contribution in [-0.4, -0.2) is 24.1 Å². The summed E-state index contributed by atoms with van der Waals surface area (Å²) < 4.78 is 4.83. The van der Waals surface area contributed by atoms with Crippen LogP contribution in [-0.2, 0) is 9.53 Å². The first kappa shape index (κ1) is 11.5. The lowest BCUT2D eigenvalue weighted by Gasteiger charge is -2.19. The highest BCUT2D eigenvalue weighted by atomic mass is 16.6. The van der Waals surface area contributed by atoms with Gasteiger partial charge < -0.3 is 10.1 Å². The lowest BCUT2D eigenvalue weighted by atomic mass is 10.2. The molecule has 0 fully saturated rings. The Labute approximate surface area is 76.2 Å². The van der Waals surface area contributed by atoms with Crippen LogP contribution in [0.5, 0.6) is 0 Å². The van der Waals surface area contributed by atoms with Crippen LogP contribution in [0, 0.1) is 5.53 Å². The minimum Gasteiger partial charge on any atom is -0.444 e. The molecule has 0 heterocycles. The van der Waals surface area contributed by atoms with Crippen LogP contribution >= 0.6 is 0 Å². The van der Waals surface area contributed by atoms with E-state index in [4.69, 9.17) is 10.3 Å². The summed E-state index contributed by atoms with van der Waals surface area (Å²) in [5, 5.41) is 4.76. The van der Waals surface area contributed by atoms with E-state index >= 15 is 0 Å². The molecular weight excluding hydrogens is 174 g/mol. The minimum absolute atomic E-state index is 0.307. The fourth-order valence-electron chi connectivity index (χ4n) is 0.501. The summed E-state index contributed by atoms with van der Waals surface area (Å²) in [6.45, 7) is 4.83. The van der Waals surface area contributed by atoms with Crippen molar-refractivity contribution < 1.29 is 14.3 Å². The van der Waals surface area contributed by atoms with Gasteiger partial charge in [-0.1, -0.05) is 0 Å². The number of ether oxygens (including phenoxy) is 1. The Balaban J connectivity index is 3.77. The van der Waals surface area contributed by atoms with Crippen molar-refractivity contribution in [2.75, 3.05) is 6.54 Å². The van der Waals surface area contributed by atoms with Crippen LogP contribution in [0.2, 0.25) is 0 Å². The van der Waals surface area contributed by atoms with Crippen molar-refractivity contribution in [1.29, 1.82) is 5.53 Å². The van der Waals surface area contributed by atoms with Crippen molar-refractivity contribution in [3.63, 3.8) is 0 Å². The second-order valence-electron chi connectivity index (χ2n) is 3.36. The average Bonchev–Trinajstić information content (AvgIpc) is 1.97. The molecule has 0 radical (unpaired) electrons. The highest BCUT2D eigenvalue weighted by Gasteiger charge is 2.16. The number of alkyl carbamates (subject to hydrolysis) is 1. The predicted molar refractivity (Wildman–Crippen MR) is 44.4 cm³/mol. The Morgan fingerprint density at radius 2 is 2.00 bits per heavy atom. The van der Waals surface area contributed by atoms with E-state index in [2.05, 4.69) is 10.4 Å². The number of hydrogen-bond acceptors (Lipinski definition) is 4. The molecule has 0 aromatic carbocycles. The van der Waals surface area contributed by atoms with Crippen molar-refractivity contribution in [3.8, 4) is 0 Å². The second kappa shape index (κ2) is 4.54. The van der Waals surface area contributed by atoms with Crippen molar-refractivity contribution in [2.45, 2.75) is 26.4 Å². The first-order valence-electron chi connectivity index (χ1n) is 3.72. The number of amides is 2. The molecule has 0 aliphatic heterocycles. The van der Waals surface area contributed by atoms with E-state index in [1.54, 1.807) is 20.8 Å². The molecule has 0 aliphatic carbocycles. The molecule has 6 nitrogen and oxygen atoms in total. The molecule has 0 unspecified atom stereocenters. The lowest BCUT2D eigenvalue weighted by Crippen LogP contribution is -2.35. The molecule has 0 rings (SSSR count). The van der Waals surface area contributed by atoms with Crippen LogP contribution in [0.3, 0.4) is 0 Å². The van der Waals surface area contributed by atoms with Gasteiger partial charge in [-0.25, -0.2) is 10.3 Å². The largest absolute Gasteiger partial charge is 0.444 e. The molecule has 74 valence electrons. The summed E-state index contributed by atoms with van der Waals surface area (Å²) >= 11 is 0. The zero-order valence-corrected chi connectivity index (χ0v) is 7.88. The number of hydrogen-bond donors (Lipinski definition) is 2. The van der Waals surface area contributed by atoms with E-state index in [1.807, 2.05) is 0 Å². The van der Waals surface area contributed by atoms with Crippen LogP contribution in [0.4, 0.5) is 4.79 Å². The molecule has 0 aromatic heterocycles. The standard InChI is InChI=1S/C7H13N3O3/c1-7(2,3)13-6(12)9-4-5(11)10-8/h8H,4H2,1-3H3,(H,9,12). The smallest absolute Gasteiger partial charge is 0.408 e. The number of carbonyl (C=O) groups excluding carboxylic acids is 2. The van der Waals surface area contributed by atoms with E-state index in [0.29, 0.717) is 0 Å². The van der Waals surface area contributed by atoms with Gasteiger partial charge >= 0.3 is 6.09 Å². The van der Waals surface area contributed by atoms with E-state index < -0.39 is 17.6 Å². The van der Waals surface area contributed by atoms with E-state index in [-0.39, 0.29) is 6.54 Å². The molecule has 2 N–H and O–H groups in total. The van der Waals surface area contributed by atoms with Gasteiger partial charge in [0.05, 0.1) is 0 Å². The summed E-state index contributed by atoms with van der Waals surface area (Å²) in [5.74, 6) is -0.717. The molecule has 13 heavy (non-hydrogen) atoms. The third-order valence-electron chi connectivity index (χ3n) is 0.908. The van der Waals surface area contributed by atoms with Gasteiger partial charge in [-0.05, 0) is 20.8 Å². The summed E-state index contributed by atoms with van der Waals surface area (Å²) in [4.78, 5) is 21.3. The highest BCUT2D eigenvalue weighted by Crippen LogP contribution is 2.05. The fourth-order valence-corrected chi connectivity index (χ4v) is 0.501. The number of carbonyl (C=O) groups is 2. The van der Waals surface area contributed by atoms with Crippen molar-refractivity contribution >= 4 is 12.0 Å². The molecule has 2 amide bonds. The molecule has 0 aliphatic rings. The van der Waals surface area contributed by atoms with Gasteiger partial charge in [0.2, 0.25) is 0 Å². The quantitative estimate of drug-likeness (QED) is 0.633. The molecule has 0 spiro atoms. The Morgan fingerprint density at radius 3 is 2.38 bits per heavy atom. The lowest BCUT2D eigenvalue weighted by molar-refractivity contribution is -0.117. The van der Waals surface area contributed by atoms with E-state index in [0.717, 1.165) is 0 Å². The maximum Gasteiger partial charge on any atom is 0.408 e. The highest BCUT2D eigenvalue weighted by molar-refractivity contribution is 5.82. The Kier molecular flexibility index (Phi) is 4.03. The topological polar surface area (TPSA) is 91.6 Å². The van der Waals surface area contributed by atoms with Crippen LogP contribution in [0.25, 0.3) is 0 Å². The molecule has 0 saturated heterocycles. The van der Waals surface area contributed by atoms with Gasteiger partial charge in [-0.15, -0.1) is 5.11 Å². The average molecular weight is 187 g/mol. The maximum atomic E-state index is 10.9. The van der Waals surface area contributed by atoms with Crippen molar-refractivity contribution in [3.05, 3.63) is 0 Å². The second-order valence-corrected chi connectivity index (χ2v) is 3.36. The molecule has 6 heteroatoms. The van der Waals surface area contributed by atoms with E-state index in [9.17, 15) is 9.59 Å². The monoisotopic (exact) mass is 187 g/mol. The van der Waals surface area contributed by atoms with Gasteiger partial charge in [0, 0.05) is 0 Å². The Morgan fingerprint density at radius 1 is 1.46 bits per heavy atom. The zero-order chi connectivity index (χ0) is 10.5. The summed E-state index contributed by atoms with van der Waals surface area (Å²) in [6.07, 6.45) is -0.690. The maximum absolute atomic E-state index is 10.9. The van der Waals surface area contributed by atoms with Gasteiger partial charge in [-0.2, -0.15) is 0 Å². The normalized spacial score (nSPS) is 10.4. The van der Waals surface area contributed by atoms with Gasteiger partial charge in [-0.3, -0.25) is 4.79 Å². The van der Waals surface area contributed by atoms with E-state index in [1.165, 1.54) is 0 Å². The van der Waals surface area contributed by atoms with Crippen LogP contribution in [0.15, 0.2) is 5.11 Å². The molecule has 0 saturated carbocycles. The third kappa shape index (κ3) is 6.92. The first-order chi connectivity index (χ1) is 5.85. The SMILES string of the molecule is CC(C)(C)OC(=O)NCC(=O)N=N. The number of rotatable bonds is 2. The number of nitrogens with one attached hydrogen (secondary N) is 2. The summed E-state index contributed by atoms with van der Waals surface area (Å²) in [6, 6.07) is 0. The first-order valence-corrected chi connectivity index (χ1v) is 3.72. The van der Waals surface area contributed by atoms with Crippen LogP contribution < -0.4 is 5.32 Å². The molecule has 0 bridgehead atoms. The van der Waals surface area contributed by atoms with Gasteiger partial charge in [0.25, 0.3) is 5.91 Å². The van der Waals surface area contributed by atoms with Crippen molar-refractivity contribution in [2.24, 2.45) is 5.11 Å². The van der Waals surface area contributed by atoms with Crippen molar-refractivity contribution in [1.82, 2.24) is 5.32 Å². The molecular formula is C7H13N3O3. The molecule has 0 aromatic rings. The van der Waals surface area contributed by atoms with Crippen LogP contribution in [0.1, 0.15) is 20.8 Å². The summed E-state index contributed by atoms with van der Waals surface area (Å²) in [5.41, 5.74) is 5.72. The Hall–Kier alpha value is -1.46. The Bertz CT molecular complexity index is 220. The minimum atomic E-state index is -0.717. The fraction of sp³-hybridized carbons (Fsp3) is 0.714. The molecule has 0 atom stereocenters. The number of nitrogens with zero attached hydrogens (tertiary/aromatic N) is 1. The summed E-state index contributed by atoms with van der Waals surface area (Å²) in [7, 11) is 0. The predicted octanol–water partition coefficient (Wildman–Crippen LogP) is 1.07. The zero-order valence-electron chi connectivity index (χ0n) is 7.88. The third-order valence-corrected chi connectivity index (χ3v) is 0.908.